The highest BCUT2D eigenvalue weighted by atomic mass is 127. The number of nitrogens with zero attached hydrogens (tertiary/aromatic N) is 1. The first kappa shape index (κ1) is 12.1. The first-order valence-corrected chi connectivity index (χ1v) is 4.80. The molecule has 0 saturated carbocycles. The Morgan fingerprint density at radius 3 is 2.67 bits per heavy atom. The quantitative estimate of drug-likeness (QED) is 0.683. The molecule has 0 fully saturated rings. The van der Waals surface area contributed by atoms with Crippen molar-refractivity contribution < 1.29 is 23.4 Å². The number of carboxylic acid groups (broad SMARTS) is 1. The molecule has 1 aromatic rings. The standard InChI is InChI=1S/C8H6F2INO3/c1-15-5-4(8(13)14)3(6(9)10)2-12-7(5)11/h2,6H,1H3,(H,13,14). The molecule has 1 rings (SSSR count). The lowest BCUT2D eigenvalue weighted by Gasteiger charge is -2.10. The van der Waals surface area contributed by atoms with Crippen LogP contribution >= 0.6 is 22.6 Å². The van der Waals surface area contributed by atoms with Gasteiger partial charge in [-0.2, -0.15) is 0 Å². The number of hydrogen-bond donors (Lipinski definition) is 1. The van der Waals surface area contributed by atoms with Gasteiger partial charge in [0.25, 0.3) is 6.43 Å². The number of ether oxygens (including phenoxy) is 1. The van der Waals surface area contributed by atoms with Crippen LogP contribution in [0.5, 0.6) is 5.75 Å². The monoisotopic (exact) mass is 329 g/mol. The van der Waals surface area contributed by atoms with E-state index in [1.54, 1.807) is 22.6 Å². The lowest BCUT2D eigenvalue weighted by Crippen LogP contribution is -2.08. The maximum atomic E-state index is 12.5. The number of carbonyl (C=O) groups is 1. The maximum Gasteiger partial charge on any atom is 0.340 e. The minimum Gasteiger partial charge on any atom is -0.493 e. The molecule has 0 unspecified atom stereocenters. The highest BCUT2D eigenvalue weighted by Gasteiger charge is 2.25. The first-order chi connectivity index (χ1) is 6.99. The van der Waals surface area contributed by atoms with Crippen molar-refractivity contribution >= 4 is 28.6 Å². The van der Waals surface area contributed by atoms with E-state index in [0.717, 1.165) is 6.20 Å². The summed E-state index contributed by atoms with van der Waals surface area (Å²) >= 11 is 1.72. The van der Waals surface area contributed by atoms with Gasteiger partial charge in [-0.25, -0.2) is 18.6 Å². The van der Waals surface area contributed by atoms with E-state index >= 15 is 0 Å². The lowest BCUT2D eigenvalue weighted by molar-refractivity contribution is 0.0679. The number of carboxylic acids is 1. The molecule has 0 aliphatic heterocycles. The van der Waals surface area contributed by atoms with Crippen molar-refractivity contribution in [2.24, 2.45) is 0 Å². The summed E-state index contributed by atoms with van der Waals surface area (Å²) in [7, 11) is 1.21. The topological polar surface area (TPSA) is 59.4 Å². The molecule has 0 saturated heterocycles. The summed E-state index contributed by atoms with van der Waals surface area (Å²) < 4.78 is 29.9. The summed E-state index contributed by atoms with van der Waals surface area (Å²) in [6, 6.07) is 0. The number of aromatic carboxylic acids is 1. The third-order valence-electron chi connectivity index (χ3n) is 1.67. The lowest BCUT2D eigenvalue weighted by atomic mass is 10.1. The van der Waals surface area contributed by atoms with Crippen molar-refractivity contribution in [3.8, 4) is 5.75 Å². The van der Waals surface area contributed by atoms with Crippen LogP contribution in [0.15, 0.2) is 6.20 Å². The number of methoxy groups -OCH3 is 1. The molecule has 0 aliphatic rings. The van der Waals surface area contributed by atoms with Crippen LogP contribution < -0.4 is 4.74 Å². The van der Waals surface area contributed by atoms with Gasteiger partial charge in [-0.15, -0.1) is 0 Å². The second-order valence-corrected chi connectivity index (χ2v) is 3.54. The zero-order valence-electron chi connectivity index (χ0n) is 7.50. The van der Waals surface area contributed by atoms with Gasteiger partial charge < -0.3 is 9.84 Å². The molecule has 4 nitrogen and oxygen atoms in total. The molecule has 82 valence electrons. The Hall–Kier alpha value is -0.990. The van der Waals surface area contributed by atoms with E-state index in [9.17, 15) is 13.6 Å². The van der Waals surface area contributed by atoms with Gasteiger partial charge in [0, 0.05) is 6.20 Å². The molecule has 1 heterocycles. The van der Waals surface area contributed by atoms with Gasteiger partial charge >= 0.3 is 5.97 Å². The van der Waals surface area contributed by atoms with Crippen molar-refractivity contribution in [1.29, 1.82) is 0 Å². The third-order valence-corrected chi connectivity index (χ3v) is 2.44. The van der Waals surface area contributed by atoms with Crippen LogP contribution in [0.1, 0.15) is 22.3 Å². The van der Waals surface area contributed by atoms with Crippen LogP contribution in [-0.2, 0) is 0 Å². The normalized spacial score (nSPS) is 10.5. The molecule has 0 atom stereocenters. The molecule has 0 amide bonds. The summed E-state index contributed by atoms with van der Waals surface area (Å²) in [5.41, 5.74) is -1.17. The fourth-order valence-electron chi connectivity index (χ4n) is 1.06. The van der Waals surface area contributed by atoms with Gasteiger partial charge in [0.15, 0.2) is 5.75 Å². The van der Waals surface area contributed by atoms with Crippen LogP contribution in [0.4, 0.5) is 8.78 Å². The average Bonchev–Trinajstić information content (AvgIpc) is 2.16. The maximum absolute atomic E-state index is 12.5. The second kappa shape index (κ2) is 4.69. The molecular weight excluding hydrogens is 323 g/mol. The van der Waals surface area contributed by atoms with Crippen molar-refractivity contribution in [2.45, 2.75) is 6.43 Å². The molecule has 1 N–H and O–H groups in total. The molecule has 0 radical (unpaired) electrons. The van der Waals surface area contributed by atoms with Gasteiger partial charge in [-0.05, 0) is 22.6 Å². The van der Waals surface area contributed by atoms with Gasteiger partial charge in [0.05, 0.1) is 12.7 Å². The number of hydrogen-bond acceptors (Lipinski definition) is 3. The number of alkyl halides is 2. The zero-order chi connectivity index (χ0) is 11.6. The summed E-state index contributed by atoms with van der Waals surface area (Å²) in [5.74, 6) is -1.59. The average molecular weight is 329 g/mol. The Kier molecular flexibility index (Phi) is 3.77. The smallest absolute Gasteiger partial charge is 0.340 e. The van der Waals surface area contributed by atoms with E-state index in [0.29, 0.717) is 0 Å². The molecule has 0 spiro atoms. The number of pyridine rings is 1. The van der Waals surface area contributed by atoms with E-state index < -0.39 is 23.5 Å². The van der Waals surface area contributed by atoms with Gasteiger partial charge in [0.2, 0.25) is 0 Å². The number of aromatic nitrogens is 1. The van der Waals surface area contributed by atoms with Crippen LogP contribution in [0, 0.1) is 3.70 Å². The molecule has 0 bridgehead atoms. The van der Waals surface area contributed by atoms with Crippen molar-refractivity contribution in [1.82, 2.24) is 4.98 Å². The summed E-state index contributed by atoms with van der Waals surface area (Å²) in [6.07, 6.45) is -2.05. The van der Waals surface area contributed by atoms with Crippen LogP contribution in [0.3, 0.4) is 0 Å². The molecule has 15 heavy (non-hydrogen) atoms. The summed E-state index contributed by atoms with van der Waals surface area (Å²) in [4.78, 5) is 14.4. The Balaban J connectivity index is 3.49. The van der Waals surface area contributed by atoms with Crippen molar-refractivity contribution in [2.75, 3.05) is 7.11 Å². The van der Waals surface area contributed by atoms with Crippen LogP contribution in [-0.4, -0.2) is 23.2 Å². The SMILES string of the molecule is COc1c(I)ncc(C(F)F)c1C(=O)O. The Labute approximate surface area is 97.4 Å². The second-order valence-electron chi connectivity index (χ2n) is 2.52. The number of rotatable bonds is 3. The third kappa shape index (κ3) is 2.33. The minimum atomic E-state index is -2.89. The highest BCUT2D eigenvalue weighted by molar-refractivity contribution is 14.1. The molecule has 1 aromatic heterocycles. The number of halogens is 3. The van der Waals surface area contributed by atoms with Gasteiger partial charge in [-0.1, -0.05) is 0 Å². The van der Waals surface area contributed by atoms with Crippen molar-refractivity contribution in [3.05, 3.63) is 21.0 Å². The summed E-state index contributed by atoms with van der Waals surface area (Å²) in [6.45, 7) is 0. The van der Waals surface area contributed by atoms with E-state index in [4.69, 9.17) is 9.84 Å². The predicted octanol–water partition coefficient (Wildman–Crippen LogP) is 2.33. The molecular formula is C8H6F2INO3. The zero-order valence-corrected chi connectivity index (χ0v) is 9.66. The molecule has 7 heteroatoms. The van der Waals surface area contributed by atoms with Gasteiger partial charge in [-0.3, -0.25) is 0 Å². The van der Waals surface area contributed by atoms with E-state index in [2.05, 4.69) is 4.98 Å². The fraction of sp³-hybridized carbons (Fsp3) is 0.250. The Morgan fingerprint density at radius 1 is 1.67 bits per heavy atom. The minimum absolute atomic E-state index is 0.138. The van der Waals surface area contributed by atoms with E-state index in [1.165, 1.54) is 7.11 Å². The van der Waals surface area contributed by atoms with Gasteiger partial charge in [0.1, 0.15) is 9.26 Å². The van der Waals surface area contributed by atoms with Crippen molar-refractivity contribution in [3.63, 3.8) is 0 Å². The molecule has 0 aromatic carbocycles. The largest absolute Gasteiger partial charge is 0.493 e. The molecule has 0 aliphatic carbocycles. The Bertz CT molecular complexity index is 398. The summed E-state index contributed by atoms with van der Waals surface area (Å²) in [5, 5.41) is 8.81. The first-order valence-electron chi connectivity index (χ1n) is 3.72. The van der Waals surface area contributed by atoms with Crippen LogP contribution in [0.25, 0.3) is 0 Å². The predicted molar refractivity (Wildman–Crippen MR) is 55.4 cm³/mol. The van der Waals surface area contributed by atoms with E-state index in [1.807, 2.05) is 0 Å². The van der Waals surface area contributed by atoms with E-state index in [-0.39, 0.29) is 9.45 Å². The highest BCUT2D eigenvalue weighted by Crippen LogP contribution is 2.31. The fourth-order valence-corrected chi connectivity index (χ4v) is 1.69. The Morgan fingerprint density at radius 2 is 2.27 bits per heavy atom. The van der Waals surface area contributed by atoms with Crippen LogP contribution in [0.2, 0.25) is 0 Å².